The SMILES string of the molecule is COC(C)c1ccc(CBr)cn1. The van der Waals surface area contributed by atoms with Gasteiger partial charge in [0.25, 0.3) is 0 Å². The molecule has 1 rings (SSSR count). The molecule has 1 unspecified atom stereocenters. The number of nitrogens with zero attached hydrogens (tertiary/aromatic N) is 1. The second kappa shape index (κ2) is 4.58. The highest BCUT2D eigenvalue weighted by molar-refractivity contribution is 9.08. The lowest BCUT2D eigenvalue weighted by Crippen LogP contribution is -1.98. The van der Waals surface area contributed by atoms with Crippen LogP contribution < -0.4 is 0 Å². The maximum Gasteiger partial charge on any atom is 0.0962 e. The normalized spacial score (nSPS) is 12.9. The van der Waals surface area contributed by atoms with Gasteiger partial charge in [-0.25, -0.2) is 0 Å². The van der Waals surface area contributed by atoms with Gasteiger partial charge in [0.2, 0.25) is 0 Å². The quantitative estimate of drug-likeness (QED) is 0.744. The smallest absolute Gasteiger partial charge is 0.0962 e. The summed E-state index contributed by atoms with van der Waals surface area (Å²) in [6.45, 7) is 1.98. The number of aromatic nitrogens is 1. The van der Waals surface area contributed by atoms with Crippen molar-refractivity contribution < 1.29 is 4.74 Å². The molecular formula is C9H12BrNO. The minimum Gasteiger partial charge on any atom is -0.375 e. The summed E-state index contributed by atoms with van der Waals surface area (Å²) >= 11 is 3.36. The number of methoxy groups -OCH3 is 1. The van der Waals surface area contributed by atoms with Crippen molar-refractivity contribution in [2.45, 2.75) is 18.4 Å². The Morgan fingerprint density at radius 1 is 1.58 bits per heavy atom. The fraction of sp³-hybridized carbons (Fsp3) is 0.444. The van der Waals surface area contributed by atoms with Crippen molar-refractivity contribution in [1.82, 2.24) is 4.98 Å². The standard InChI is InChI=1S/C9H12BrNO/c1-7(12-2)9-4-3-8(5-10)6-11-9/h3-4,6-7H,5H2,1-2H3. The molecule has 0 aliphatic rings. The van der Waals surface area contributed by atoms with Crippen LogP contribution in [0.15, 0.2) is 18.3 Å². The Morgan fingerprint density at radius 2 is 2.33 bits per heavy atom. The summed E-state index contributed by atoms with van der Waals surface area (Å²) in [5.74, 6) is 0. The second-order valence-corrected chi connectivity index (χ2v) is 3.16. The third-order valence-electron chi connectivity index (χ3n) is 1.77. The predicted molar refractivity (Wildman–Crippen MR) is 52.3 cm³/mol. The first-order valence-electron chi connectivity index (χ1n) is 3.81. The Balaban J connectivity index is 2.77. The van der Waals surface area contributed by atoms with Crippen LogP contribution in [0.2, 0.25) is 0 Å². The van der Waals surface area contributed by atoms with E-state index in [4.69, 9.17) is 4.74 Å². The van der Waals surface area contributed by atoms with Gasteiger partial charge in [-0.05, 0) is 18.6 Å². The van der Waals surface area contributed by atoms with Crippen molar-refractivity contribution in [3.05, 3.63) is 29.6 Å². The van der Waals surface area contributed by atoms with Gasteiger partial charge < -0.3 is 4.74 Å². The van der Waals surface area contributed by atoms with Gasteiger partial charge in [0.15, 0.2) is 0 Å². The minimum atomic E-state index is 0.0781. The van der Waals surface area contributed by atoms with E-state index in [1.807, 2.05) is 25.3 Å². The number of alkyl halides is 1. The zero-order chi connectivity index (χ0) is 8.97. The summed E-state index contributed by atoms with van der Waals surface area (Å²) in [5.41, 5.74) is 2.16. The van der Waals surface area contributed by atoms with E-state index in [1.165, 1.54) is 5.56 Å². The first-order chi connectivity index (χ1) is 5.77. The van der Waals surface area contributed by atoms with Gasteiger partial charge in [-0.1, -0.05) is 22.0 Å². The molecule has 1 heterocycles. The molecule has 0 aliphatic heterocycles. The molecule has 0 aromatic carbocycles. The Hall–Kier alpha value is -0.410. The van der Waals surface area contributed by atoms with Crippen LogP contribution in [-0.2, 0) is 10.1 Å². The summed E-state index contributed by atoms with van der Waals surface area (Å²) in [4.78, 5) is 4.27. The van der Waals surface area contributed by atoms with Crippen LogP contribution in [-0.4, -0.2) is 12.1 Å². The van der Waals surface area contributed by atoms with Crippen molar-refractivity contribution >= 4 is 15.9 Å². The number of pyridine rings is 1. The molecule has 0 fully saturated rings. The van der Waals surface area contributed by atoms with Crippen LogP contribution in [0.1, 0.15) is 24.3 Å². The Morgan fingerprint density at radius 3 is 2.75 bits per heavy atom. The minimum absolute atomic E-state index is 0.0781. The van der Waals surface area contributed by atoms with E-state index in [0.717, 1.165) is 11.0 Å². The van der Waals surface area contributed by atoms with Crippen LogP contribution in [0.3, 0.4) is 0 Å². The van der Waals surface area contributed by atoms with Crippen molar-refractivity contribution in [3.63, 3.8) is 0 Å². The van der Waals surface area contributed by atoms with Crippen molar-refractivity contribution in [2.24, 2.45) is 0 Å². The monoisotopic (exact) mass is 229 g/mol. The molecule has 0 spiro atoms. The second-order valence-electron chi connectivity index (χ2n) is 2.60. The molecule has 0 bridgehead atoms. The summed E-state index contributed by atoms with van der Waals surface area (Å²) in [5, 5.41) is 0.849. The van der Waals surface area contributed by atoms with Crippen LogP contribution >= 0.6 is 15.9 Å². The first-order valence-corrected chi connectivity index (χ1v) is 4.93. The fourth-order valence-electron chi connectivity index (χ4n) is 0.876. The van der Waals surface area contributed by atoms with E-state index in [9.17, 15) is 0 Å². The lowest BCUT2D eigenvalue weighted by molar-refractivity contribution is 0.116. The van der Waals surface area contributed by atoms with Crippen LogP contribution in [0.5, 0.6) is 0 Å². The number of ether oxygens (including phenoxy) is 1. The molecular weight excluding hydrogens is 218 g/mol. The van der Waals surface area contributed by atoms with Gasteiger partial charge >= 0.3 is 0 Å². The molecule has 2 nitrogen and oxygen atoms in total. The number of hydrogen-bond donors (Lipinski definition) is 0. The van der Waals surface area contributed by atoms with Gasteiger partial charge in [-0.3, -0.25) is 4.98 Å². The van der Waals surface area contributed by atoms with E-state index < -0.39 is 0 Å². The lowest BCUT2D eigenvalue weighted by Gasteiger charge is -2.08. The van der Waals surface area contributed by atoms with E-state index in [-0.39, 0.29) is 6.10 Å². The fourth-order valence-corrected chi connectivity index (χ4v) is 1.21. The highest BCUT2D eigenvalue weighted by atomic mass is 79.9. The molecule has 66 valence electrons. The molecule has 0 saturated heterocycles. The Labute approximate surface area is 81.1 Å². The van der Waals surface area contributed by atoms with Crippen LogP contribution in [0, 0.1) is 0 Å². The molecule has 0 N–H and O–H groups in total. The molecule has 12 heavy (non-hydrogen) atoms. The number of hydrogen-bond acceptors (Lipinski definition) is 2. The summed E-state index contributed by atoms with van der Waals surface area (Å²) in [7, 11) is 1.69. The number of rotatable bonds is 3. The van der Waals surface area contributed by atoms with E-state index >= 15 is 0 Å². The van der Waals surface area contributed by atoms with E-state index in [1.54, 1.807) is 7.11 Å². The van der Waals surface area contributed by atoms with Gasteiger partial charge in [-0.15, -0.1) is 0 Å². The molecule has 0 saturated carbocycles. The van der Waals surface area contributed by atoms with Gasteiger partial charge in [0.1, 0.15) is 0 Å². The maximum atomic E-state index is 5.14. The van der Waals surface area contributed by atoms with Gasteiger partial charge in [-0.2, -0.15) is 0 Å². The van der Waals surface area contributed by atoms with E-state index in [0.29, 0.717) is 0 Å². The van der Waals surface area contributed by atoms with E-state index in [2.05, 4.69) is 20.9 Å². The van der Waals surface area contributed by atoms with Crippen LogP contribution in [0.25, 0.3) is 0 Å². The zero-order valence-corrected chi connectivity index (χ0v) is 8.84. The molecule has 0 amide bonds. The molecule has 1 aromatic rings. The summed E-state index contributed by atoms with van der Waals surface area (Å²) in [6, 6.07) is 4.04. The Bertz CT molecular complexity index is 235. The third-order valence-corrected chi connectivity index (χ3v) is 2.42. The topological polar surface area (TPSA) is 22.1 Å². The Kier molecular flexibility index (Phi) is 3.69. The average molecular weight is 230 g/mol. The summed E-state index contributed by atoms with van der Waals surface area (Å²) < 4.78 is 5.14. The zero-order valence-electron chi connectivity index (χ0n) is 7.25. The average Bonchev–Trinajstić information content (AvgIpc) is 2.17. The highest BCUT2D eigenvalue weighted by Gasteiger charge is 2.03. The van der Waals surface area contributed by atoms with Gasteiger partial charge in [0, 0.05) is 18.6 Å². The maximum absolute atomic E-state index is 5.14. The molecule has 1 aromatic heterocycles. The number of halogens is 1. The molecule has 1 atom stereocenters. The van der Waals surface area contributed by atoms with Crippen molar-refractivity contribution in [2.75, 3.05) is 7.11 Å². The predicted octanol–water partition coefficient (Wildman–Crippen LogP) is 2.68. The first kappa shape index (κ1) is 9.68. The molecule has 0 radical (unpaired) electrons. The molecule has 0 aliphatic carbocycles. The van der Waals surface area contributed by atoms with Crippen LogP contribution in [0.4, 0.5) is 0 Å². The highest BCUT2D eigenvalue weighted by Crippen LogP contribution is 2.13. The van der Waals surface area contributed by atoms with Crippen molar-refractivity contribution in [1.29, 1.82) is 0 Å². The lowest BCUT2D eigenvalue weighted by atomic mass is 10.2. The summed E-state index contributed by atoms with van der Waals surface area (Å²) in [6.07, 6.45) is 1.94. The van der Waals surface area contributed by atoms with Crippen molar-refractivity contribution in [3.8, 4) is 0 Å². The largest absolute Gasteiger partial charge is 0.375 e. The third kappa shape index (κ3) is 2.29. The van der Waals surface area contributed by atoms with Gasteiger partial charge in [0.05, 0.1) is 11.8 Å². The molecule has 3 heteroatoms.